The van der Waals surface area contributed by atoms with E-state index in [1.165, 1.54) is 0 Å². The number of hydrogen-bond acceptors (Lipinski definition) is 4. The zero-order valence-corrected chi connectivity index (χ0v) is 24.3. The van der Waals surface area contributed by atoms with Crippen molar-refractivity contribution in [2.45, 2.75) is 65.5 Å². The SMILES string of the molecule is C=C[Si](C)(C)C.C=C[Si](C)(C)O[SiH](C)O.C=C[Si](C)(C)O[Si](C)(C)OC. The van der Waals surface area contributed by atoms with Crippen LogP contribution in [-0.2, 0) is 12.7 Å². The van der Waals surface area contributed by atoms with Gasteiger partial charge in [0.25, 0.3) is 0 Å². The third-order valence-corrected chi connectivity index (χ3v) is 15.1. The number of rotatable bonds is 8. The molecule has 1 N–H and O–H groups in total. The van der Waals surface area contributed by atoms with Crippen molar-refractivity contribution < 1.29 is 17.5 Å². The standard InChI is InChI=1S/C7H18O2Si2.C5H14O2Si2.C5H12Si/c1-7-10(3,4)9-11(5,6)8-2;1-5-9(3,4)7-8(2)6;1-5-6(2,3)4/h7H,1H2,2-6H3;5-6,8H,1H2,2-4H3;5H,1H2,2-4H3. The predicted molar refractivity (Wildman–Crippen MR) is 131 cm³/mol. The first-order valence-electron chi connectivity index (χ1n) is 8.89. The molecule has 0 aromatic carbocycles. The molecule has 156 valence electrons. The van der Waals surface area contributed by atoms with Crippen LogP contribution in [0, 0.1) is 0 Å². The second-order valence-electron chi connectivity index (χ2n) is 8.61. The quantitative estimate of drug-likeness (QED) is 0.520. The summed E-state index contributed by atoms with van der Waals surface area (Å²) >= 11 is 0. The highest BCUT2D eigenvalue weighted by atomic mass is 28.4. The molecule has 0 rings (SSSR count). The van der Waals surface area contributed by atoms with Crippen LogP contribution in [0.25, 0.3) is 0 Å². The van der Waals surface area contributed by atoms with Crippen molar-refractivity contribution in [2.24, 2.45) is 0 Å². The van der Waals surface area contributed by atoms with Crippen LogP contribution in [0.3, 0.4) is 0 Å². The normalized spacial score (nSPS) is 13.4. The second kappa shape index (κ2) is 13.3. The van der Waals surface area contributed by atoms with Gasteiger partial charge in [-0.1, -0.05) is 31.0 Å². The lowest BCUT2D eigenvalue weighted by atomic mass is 11.3. The average Bonchev–Trinajstić information content (AvgIpc) is 2.45. The molecule has 0 heterocycles. The maximum Gasteiger partial charge on any atom is 0.321 e. The molecule has 0 aromatic rings. The zero-order valence-electron chi connectivity index (χ0n) is 19.1. The molecule has 0 fully saturated rings. The van der Waals surface area contributed by atoms with E-state index in [9.17, 15) is 0 Å². The van der Waals surface area contributed by atoms with E-state index in [1.807, 2.05) is 37.6 Å². The van der Waals surface area contributed by atoms with Gasteiger partial charge in [-0.2, -0.15) is 0 Å². The Labute approximate surface area is 169 Å². The Balaban J connectivity index is -0.000000319. The smallest absolute Gasteiger partial charge is 0.321 e. The van der Waals surface area contributed by atoms with E-state index in [0.717, 1.165) is 0 Å². The van der Waals surface area contributed by atoms with Crippen LogP contribution in [-0.4, -0.2) is 54.5 Å². The lowest BCUT2D eigenvalue weighted by Gasteiger charge is -2.29. The molecular weight excluding hydrogens is 409 g/mol. The van der Waals surface area contributed by atoms with Gasteiger partial charge >= 0.3 is 17.8 Å². The van der Waals surface area contributed by atoms with Gasteiger partial charge in [-0.15, -0.1) is 25.4 Å². The third kappa shape index (κ3) is 24.1. The molecule has 0 amide bonds. The molecule has 9 heteroatoms. The molecule has 0 radical (unpaired) electrons. The highest BCUT2D eigenvalue weighted by Crippen LogP contribution is 2.14. The Morgan fingerprint density at radius 3 is 1.27 bits per heavy atom. The molecule has 4 nitrogen and oxygen atoms in total. The predicted octanol–water partition coefficient (Wildman–Crippen LogP) is 5.11. The molecule has 0 saturated heterocycles. The molecule has 26 heavy (non-hydrogen) atoms. The molecule has 0 aliphatic heterocycles. The first-order valence-corrected chi connectivity index (χ1v) is 23.4. The zero-order chi connectivity index (χ0) is 21.8. The summed E-state index contributed by atoms with van der Waals surface area (Å²) in [6.45, 7) is 32.0. The third-order valence-electron chi connectivity index (χ3n) is 3.07. The Bertz CT molecular complexity index is 416. The molecule has 0 bridgehead atoms. The minimum absolute atomic E-state index is 0.867. The summed E-state index contributed by atoms with van der Waals surface area (Å²) in [6, 6.07) is 0. The number of hydrogen-bond donors (Lipinski definition) is 1. The highest BCUT2D eigenvalue weighted by Gasteiger charge is 2.31. The van der Waals surface area contributed by atoms with Crippen molar-refractivity contribution in [1.29, 1.82) is 0 Å². The average molecular weight is 453 g/mol. The summed E-state index contributed by atoms with van der Waals surface area (Å²) in [4.78, 5) is 8.92. The summed E-state index contributed by atoms with van der Waals surface area (Å²) in [6.07, 6.45) is 0. The molecule has 0 aromatic heterocycles. The van der Waals surface area contributed by atoms with E-state index in [2.05, 4.69) is 58.2 Å². The van der Waals surface area contributed by atoms with Crippen molar-refractivity contribution in [3.8, 4) is 0 Å². The van der Waals surface area contributed by atoms with E-state index in [4.69, 9.17) is 17.5 Å². The molecule has 1 atom stereocenters. The van der Waals surface area contributed by atoms with Crippen molar-refractivity contribution in [3.05, 3.63) is 36.8 Å². The van der Waals surface area contributed by atoms with Crippen molar-refractivity contribution in [1.82, 2.24) is 0 Å². The lowest BCUT2D eigenvalue weighted by molar-refractivity contribution is 0.313. The van der Waals surface area contributed by atoms with Crippen molar-refractivity contribution in [3.63, 3.8) is 0 Å². The summed E-state index contributed by atoms with van der Waals surface area (Å²) in [5.41, 5.74) is 5.83. The largest absolute Gasteiger partial charge is 0.435 e. The summed E-state index contributed by atoms with van der Waals surface area (Å²) in [5, 5.41) is 0. The maximum absolute atomic E-state index is 8.92. The summed E-state index contributed by atoms with van der Waals surface area (Å²) < 4.78 is 16.4. The van der Waals surface area contributed by atoms with Gasteiger partial charge in [0, 0.05) is 7.11 Å². The van der Waals surface area contributed by atoms with E-state index in [1.54, 1.807) is 13.7 Å². The first-order chi connectivity index (χ1) is 11.4. The van der Waals surface area contributed by atoms with E-state index in [0.29, 0.717) is 0 Å². The molecular formula is C17H44O4Si5. The van der Waals surface area contributed by atoms with Crippen LogP contribution in [0.1, 0.15) is 0 Å². The fourth-order valence-electron chi connectivity index (χ4n) is 1.20. The molecule has 0 saturated carbocycles. The monoisotopic (exact) mass is 452 g/mol. The molecule has 0 spiro atoms. The van der Waals surface area contributed by atoms with E-state index < -0.39 is 42.6 Å². The van der Waals surface area contributed by atoms with E-state index in [-0.39, 0.29) is 0 Å². The highest BCUT2D eigenvalue weighted by molar-refractivity contribution is 6.85. The van der Waals surface area contributed by atoms with Gasteiger partial charge in [-0.05, 0) is 45.8 Å². The van der Waals surface area contributed by atoms with Gasteiger partial charge in [-0.25, -0.2) is 0 Å². The minimum Gasteiger partial charge on any atom is -0.435 e. The van der Waals surface area contributed by atoms with Crippen molar-refractivity contribution in [2.75, 3.05) is 7.11 Å². The first kappa shape index (κ1) is 30.9. The summed E-state index contributed by atoms with van der Waals surface area (Å²) in [5.74, 6) is 0. The van der Waals surface area contributed by atoms with Crippen LogP contribution < -0.4 is 0 Å². The molecule has 0 aliphatic carbocycles. The minimum atomic E-state index is -1.84. The van der Waals surface area contributed by atoms with Gasteiger partial charge in [0.05, 0.1) is 8.07 Å². The Hall–Kier alpha value is 0.144. The van der Waals surface area contributed by atoms with Gasteiger partial charge in [0.1, 0.15) is 0 Å². The van der Waals surface area contributed by atoms with Gasteiger partial charge < -0.3 is 17.5 Å². The lowest BCUT2D eigenvalue weighted by Crippen LogP contribution is -2.44. The molecule has 0 aliphatic rings. The summed E-state index contributed by atoms with van der Waals surface area (Å²) in [7, 11) is -6.12. The van der Waals surface area contributed by atoms with Crippen LogP contribution in [0.4, 0.5) is 0 Å². The topological polar surface area (TPSA) is 47.9 Å². The Morgan fingerprint density at radius 2 is 1.12 bits per heavy atom. The van der Waals surface area contributed by atoms with E-state index >= 15 is 0 Å². The van der Waals surface area contributed by atoms with Crippen LogP contribution in [0.2, 0.25) is 65.5 Å². The molecule has 1 unspecified atom stereocenters. The second-order valence-corrected chi connectivity index (χ2v) is 27.1. The van der Waals surface area contributed by atoms with Gasteiger partial charge in [-0.3, -0.25) is 0 Å². The maximum atomic E-state index is 8.92. The van der Waals surface area contributed by atoms with Crippen molar-refractivity contribution >= 4 is 42.6 Å². The van der Waals surface area contributed by atoms with Gasteiger partial charge in [0.15, 0.2) is 16.6 Å². The van der Waals surface area contributed by atoms with Crippen LogP contribution in [0.5, 0.6) is 0 Å². The fourth-order valence-corrected chi connectivity index (χ4v) is 10.8. The Morgan fingerprint density at radius 1 is 0.769 bits per heavy atom. The fraction of sp³-hybridized carbons (Fsp3) is 0.647. The van der Waals surface area contributed by atoms with Gasteiger partial charge in [0.2, 0.25) is 0 Å². The van der Waals surface area contributed by atoms with Crippen LogP contribution in [0.15, 0.2) is 36.8 Å². The van der Waals surface area contributed by atoms with Crippen LogP contribution >= 0.6 is 0 Å². The Kier molecular flexibility index (Phi) is 15.8.